The molecule has 0 radical (unpaired) electrons. The van der Waals surface area contributed by atoms with Crippen molar-refractivity contribution < 1.29 is 19.1 Å². The standard InChI is InChI=1S/C23H24N2O5/c1-2-12-29-18-6-5-16-13-19(22(27)30-20(16)14-18)21(26)25-10-7-23(28,8-11-25)17-4-3-9-24-15-17/h3-6,9,13-15,28H,2,7-8,10-12H2,1H3. The first-order valence-corrected chi connectivity index (χ1v) is 10.1. The summed E-state index contributed by atoms with van der Waals surface area (Å²) in [6.45, 7) is 3.26. The number of hydrogen-bond acceptors (Lipinski definition) is 6. The summed E-state index contributed by atoms with van der Waals surface area (Å²) in [5.74, 6) is 0.238. The van der Waals surface area contributed by atoms with Gasteiger partial charge in [-0.1, -0.05) is 13.0 Å². The number of ether oxygens (including phenoxy) is 1. The molecule has 0 aliphatic carbocycles. The fraction of sp³-hybridized carbons (Fsp3) is 0.348. The summed E-state index contributed by atoms with van der Waals surface area (Å²) < 4.78 is 11.0. The Labute approximate surface area is 173 Å². The Balaban J connectivity index is 1.52. The minimum absolute atomic E-state index is 0.00320. The number of aromatic nitrogens is 1. The van der Waals surface area contributed by atoms with Crippen LogP contribution in [-0.4, -0.2) is 40.6 Å². The van der Waals surface area contributed by atoms with Crippen molar-refractivity contribution >= 4 is 16.9 Å². The lowest BCUT2D eigenvalue weighted by molar-refractivity contribution is -0.0214. The Bertz CT molecular complexity index is 1100. The van der Waals surface area contributed by atoms with E-state index in [4.69, 9.17) is 9.15 Å². The highest BCUT2D eigenvalue weighted by Gasteiger charge is 2.36. The highest BCUT2D eigenvalue weighted by molar-refractivity contribution is 5.96. The normalized spacial score (nSPS) is 15.9. The lowest BCUT2D eigenvalue weighted by Gasteiger charge is -2.38. The lowest BCUT2D eigenvalue weighted by Crippen LogP contribution is -2.46. The highest BCUT2D eigenvalue weighted by atomic mass is 16.5. The van der Waals surface area contributed by atoms with Gasteiger partial charge in [-0.3, -0.25) is 9.78 Å². The number of rotatable bonds is 5. The maximum atomic E-state index is 13.0. The fourth-order valence-corrected chi connectivity index (χ4v) is 3.73. The summed E-state index contributed by atoms with van der Waals surface area (Å²) in [5, 5.41) is 11.6. The summed E-state index contributed by atoms with van der Waals surface area (Å²) in [6.07, 6.45) is 4.93. The van der Waals surface area contributed by atoms with Crippen LogP contribution in [0.4, 0.5) is 0 Å². The third-order valence-corrected chi connectivity index (χ3v) is 5.49. The molecular weight excluding hydrogens is 384 g/mol. The van der Waals surface area contributed by atoms with Gasteiger partial charge in [0.05, 0.1) is 12.2 Å². The van der Waals surface area contributed by atoms with Crippen molar-refractivity contribution in [3.8, 4) is 5.75 Å². The average Bonchev–Trinajstić information content (AvgIpc) is 2.78. The zero-order chi connectivity index (χ0) is 21.1. The van der Waals surface area contributed by atoms with Gasteiger partial charge in [-0.25, -0.2) is 4.79 Å². The molecule has 1 N–H and O–H groups in total. The number of pyridine rings is 1. The van der Waals surface area contributed by atoms with Gasteiger partial charge in [0.15, 0.2) is 0 Å². The molecule has 3 heterocycles. The largest absolute Gasteiger partial charge is 0.493 e. The predicted octanol–water partition coefficient (Wildman–Crippen LogP) is 3.10. The summed E-state index contributed by atoms with van der Waals surface area (Å²) in [4.78, 5) is 31.1. The second-order valence-corrected chi connectivity index (χ2v) is 7.56. The Kier molecular flexibility index (Phi) is 5.55. The molecule has 7 nitrogen and oxygen atoms in total. The minimum atomic E-state index is -1.02. The van der Waals surface area contributed by atoms with Crippen LogP contribution >= 0.6 is 0 Å². The van der Waals surface area contributed by atoms with Crippen LogP contribution < -0.4 is 10.4 Å². The monoisotopic (exact) mass is 408 g/mol. The van der Waals surface area contributed by atoms with E-state index in [-0.39, 0.29) is 11.5 Å². The summed E-state index contributed by atoms with van der Waals surface area (Å²) in [5.41, 5.74) is -0.573. The molecule has 7 heteroatoms. The molecule has 1 aliphatic rings. The zero-order valence-corrected chi connectivity index (χ0v) is 16.8. The van der Waals surface area contributed by atoms with Gasteiger partial charge in [0.25, 0.3) is 5.91 Å². The van der Waals surface area contributed by atoms with Crippen molar-refractivity contribution in [2.24, 2.45) is 0 Å². The number of aliphatic hydroxyl groups is 1. The van der Waals surface area contributed by atoms with Crippen LogP contribution in [-0.2, 0) is 5.60 Å². The van der Waals surface area contributed by atoms with Crippen molar-refractivity contribution in [3.63, 3.8) is 0 Å². The highest BCUT2D eigenvalue weighted by Crippen LogP contribution is 2.32. The molecule has 4 rings (SSSR count). The Morgan fingerprint density at radius 1 is 1.27 bits per heavy atom. The number of hydrogen-bond donors (Lipinski definition) is 1. The molecule has 3 aromatic rings. The van der Waals surface area contributed by atoms with Crippen LogP contribution in [0.25, 0.3) is 11.0 Å². The third-order valence-electron chi connectivity index (χ3n) is 5.49. The maximum absolute atomic E-state index is 13.0. The van der Waals surface area contributed by atoms with Crippen LogP contribution in [0, 0.1) is 0 Å². The van der Waals surface area contributed by atoms with Crippen molar-refractivity contribution in [1.29, 1.82) is 0 Å². The number of benzene rings is 1. The van der Waals surface area contributed by atoms with Gasteiger partial charge in [-0.15, -0.1) is 0 Å². The van der Waals surface area contributed by atoms with E-state index in [0.717, 1.165) is 12.0 Å². The lowest BCUT2D eigenvalue weighted by atomic mass is 9.85. The number of nitrogens with zero attached hydrogens (tertiary/aromatic N) is 2. The molecular formula is C23H24N2O5. The van der Waals surface area contributed by atoms with Crippen molar-refractivity contribution in [2.75, 3.05) is 19.7 Å². The maximum Gasteiger partial charge on any atom is 0.349 e. The van der Waals surface area contributed by atoms with E-state index in [1.54, 1.807) is 47.6 Å². The van der Waals surface area contributed by atoms with Gasteiger partial charge in [0, 0.05) is 42.5 Å². The molecule has 1 aromatic carbocycles. The van der Waals surface area contributed by atoms with Gasteiger partial charge < -0.3 is 19.2 Å². The van der Waals surface area contributed by atoms with Crippen molar-refractivity contribution in [1.82, 2.24) is 9.88 Å². The molecule has 0 saturated carbocycles. The summed E-state index contributed by atoms with van der Waals surface area (Å²) in [6, 6.07) is 10.4. The van der Waals surface area contributed by atoms with E-state index >= 15 is 0 Å². The fourth-order valence-electron chi connectivity index (χ4n) is 3.73. The molecule has 1 saturated heterocycles. The number of amides is 1. The Morgan fingerprint density at radius 3 is 2.77 bits per heavy atom. The number of piperidine rings is 1. The van der Waals surface area contributed by atoms with Gasteiger partial charge in [0.2, 0.25) is 0 Å². The molecule has 1 aliphatic heterocycles. The van der Waals surface area contributed by atoms with Gasteiger partial charge >= 0.3 is 5.63 Å². The van der Waals surface area contributed by atoms with Gasteiger partial charge in [0.1, 0.15) is 16.9 Å². The van der Waals surface area contributed by atoms with E-state index < -0.39 is 11.2 Å². The van der Waals surface area contributed by atoms with E-state index in [2.05, 4.69) is 4.98 Å². The van der Waals surface area contributed by atoms with E-state index in [9.17, 15) is 14.7 Å². The second kappa shape index (κ2) is 8.28. The SMILES string of the molecule is CCCOc1ccc2cc(C(=O)N3CCC(O)(c4cccnc4)CC3)c(=O)oc2c1. The molecule has 0 bridgehead atoms. The van der Waals surface area contributed by atoms with E-state index in [0.29, 0.717) is 49.3 Å². The van der Waals surface area contributed by atoms with Crippen molar-refractivity contribution in [2.45, 2.75) is 31.8 Å². The van der Waals surface area contributed by atoms with Gasteiger partial charge in [-0.05, 0) is 43.5 Å². The predicted molar refractivity (Wildman–Crippen MR) is 112 cm³/mol. The quantitative estimate of drug-likeness (QED) is 0.652. The van der Waals surface area contributed by atoms with Crippen LogP contribution in [0.2, 0.25) is 0 Å². The molecule has 0 spiro atoms. The summed E-state index contributed by atoms with van der Waals surface area (Å²) in [7, 11) is 0. The zero-order valence-electron chi connectivity index (χ0n) is 16.8. The molecule has 1 amide bonds. The van der Waals surface area contributed by atoms with Gasteiger partial charge in [-0.2, -0.15) is 0 Å². The molecule has 2 aromatic heterocycles. The van der Waals surface area contributed by atoms with Crippen LogP contribution in [0.1, 0.15) is 42.1 Å². The van der Waals surface area contributed by atoms with Crippen LogP contribution in [0.3, 0.4) is 0 Å². The second-order valence-electron chi connectivity index (χ2n) is 7.56. The Hall–Kier alpha value is -3.19. The first kappa shape index (κ1) is 20.1. The number of fused-ring (bicyclic) bond motifs is 1. The summed E-state index contributed by atoms with van der Waals surface area (Å²) >= 11 is 0. The van der Waals surface area contributed by atoms with Crippen molar-refractivity contribution in [3.05, 3.63) is 70.3 Å². The molecule has 1 fully saturated rings. The number of carbonyl (C=O) groups excluding carboxylic acids is 1. The molecule has 30 heavy (non-hydrogen) atoms. The molecule has 156 valence electrons. The Morgan fingerprint density at radius 2 is 2.07 bits per heavy atom. The topological polar surface area (TPSA) is 92.9 Å². The van der Waals surface area contributed by atoms with Crippen LogP contribution in [0.15, 0.2) is 58.0 Å². The molecule has 0 unspecified atom stereocenters. The number of carbonyl (C=O) groups is 1. The van der Waals surface area contributed by atoms with E-state index in [1.807, 2.05) is 13.0 Å². The first-order valence-electron chi connectivity index (χ1n) is 10.1. The number of likely N-dealkylation sites (tertiary alicyclic amines) is 1. The third kappa shape index (κ3) is 3.93. The molecule has 0 atom stereocenters. The average molecular weight is 408 g/mol. The van der Waals surface area contributed by atoms with Crippen LogP contribution in [0.5, 0.6) is 5.75 Å². The van der Waals surface area contributed by atoms with E-state index in [1.165, 1.54) is 0 Å². The smallest absolute Gasteiger partial charge is 0.349 e. The minimum Gasteiger partial charge on any atom is -0.493 e. The first-order chi connectivity index (χ1) is 14.5.